The molecule has 0 spiro atoms. The van der Waals surface area contributed by atoms with Crippen LogP contribution in [0.5, 0.6) is 0 Å². The molecule has 1 N–H and O–H groups in total. The van der Waals surface area contributed by atoms with Crippen LogP contribution in [-0.2, 0) is 4.74 Å². The summed E-state index contributed by atoms with van der Waals surface area (Å²) in [5, 5.41) is 3.56. The van der Waals surface area contributed by atoms with Crippen molar-refractivity contribution in [2.24, 2.45) is 5.92 Å². The van der Waals surface area contributed by atoms with Gasteiger partial charge in [0.2, 0.25) is 0 Å². The summed E-state index contributed by atoms with van der Waals surface area (Å²) in [6.07, 6.45) is 10.3. The molecule has 1 aliphatic carbocycles. The lowest BCUT2D eigenvalue weighted by Crippen LogP contribution is -2.45. The Bertz CT molecular complexity index is 199. The molecule has 100 valence electrons. The average Bonchev–Trinajstić information content (AvgIpc) is 2.39. The Morgan fingerprint density at radius 1 is 1.29 bits per heavy atom. The third-order valence-corrected chi connectivity index (χ3v) is 3.71. The summed E-state index contributed by atoms with van der Waals surface area (Å²) in [4.78, 5) is 0. The van der Waals surface area contributed by atoms with E-state index in [0.29, 0.717) is 12.1 Å². The molecule has 0 aromatic carbocycles. The number of ether oxygens (including phenoxy) is 1. The predicted octanol–water partition coefficient (Wildman–Crippen LogP) is 3.53. The van der Waals surface area contributed by atoms with Gasteiger partial charge in [0.15, 0.2) is 0 Å². The predicted molar refractivity (Wildman–Crippen MR) is 74.3 cm³/mol. The molecule has 0 aromatic rings. The van der Waals surface area contributed by atoms with Gasteiger partial charge in [-0.05, 0) is 38.6 Å². The first-order chi connectivity index (χ1) is 8.33. The van der Waals surface area contributed by atoms with E-state index in [1.165, 1.54) is 32.1 Å². The zero-order valence-corrected chi connectivity index (χ0v) is 11.6. The van der Waals surface area contributed by atoms with Crippen LogP contribution in [0.4, 0.5) is 0 Å². The van der Waals surface area contributed by atoms with Gasteiger partial charge in [-0.25, -0.2) is 0 Å². The summed E-state index contributed by atoms with van der Waals surface area (Å²) in [5.74, 6) is 0.719. The highest BCUT2D eigenvalue weighted by Gasteiger charge is 2.29. The lowest BCUT2D eigenvalue weighted by atomic mass is 9.82. The summed E-state index contributed by atoms with van der Waals surface area (Å²) in [7, 11) is 0. The topological polar surface area (TPSA) is 21.3 Å². The van der Waals surface area contributed by atoms with Crippen LogP contribution in [0.3, 0.4) is 0 Å². The molecule has 2 atom stereocenters. The molecule has 1 fully saturated rings. The van der Waals surface area contributed by atoms with Gasteiger partial charge in [0.05, 0.1) is 12.1 Å². The van der Waals surface area contributed by atoms with Crippen LogP contribution in [0.25, 0.3) is 0 Å². The van der Waals surface area contributed by atoms with Crippen molar-refractivity contribution >= 4 is 0 Å². The highest BCUT2D eigenvalue weighted by molar-refractivity contribution is 4.95. The maximum absolute atomic E-state index is 6.00. The zero-order valence-electron chi connectivity index (χ0n) is 11.6. The molecule has 0 saturated heterocycles. The van der Waals surface area contributed by atoms with Crippen molar-refractivity contribution in [1.82, 2.24) is 5.32 Å². The number of rotatable bonds is 8. The first kappa shape index (κ1) is 14.7. The molecule has 2 unspecified atom stereocenters. The second kappa shape index (κ2) is 8.71. The SMILES string of the molecule is C=CC(NCCC)C(OCC)C1CCCCC1. The fourth-order valence-corrected chi connectivity index (χ4v) is 2.83. The van der Waals surface area contributed by atoms with E-state index in [0.717, 1.165) is 25.5 Å². The van der Waals surface area contributed by atoms with E-state index in [1.807, 2.05) is 6.08 Å². The van der Waals surface area contributed by atoms with E-state index in [-0.39, 0.29) is 0 Å². The Hall–Kier alpha value is -0.340. The van der Waals surface area contributed by atoms with Crippen molar-refractivity contribution in [2.75, 3.05) is 13.2 Å². The van der Waals surface area contributed by atoms with Gasteiger partial charge < -0.3 is 10.1 Å². The van der Waals surface area contributed by atoms with Crippen LogP contribution in [0.15, 0.2) is 12.7 Å². The number of nitrogens with one attached hydrogen (secondary N) is 1. The molecule has 2 heteroatoms. The Kier molecular flexibility index (Phi) is 7.54. The summed E-state index contributed by atoms with van der Waals surface area (Å²) < 4.78 is 6.00. The third-order valence-electron chi connectivity index (χ3n) is 3.71. The molecular weight excluding hydrogens is 210 g/mol. The van der Waals surface area contributed by atoms with E-state index in [1.54, 1.807) is 0 Å². The van der Waals surface area contributed by atoms with Gasteiger partial charge in [0.1, 0.15) is 0 Å². The summed E-state index contributed by atoms with van der Waals surface area (Å²) in [6, 6.07) is 0.318. The molecule has 0 heterocycles. The highest BCUT2D eigenvalue weighted by atomic mass is 16.5. The molecule has 1 saturated carbocycles. The molecule has 0 aromatic heterocycles. The second-order valence-electron chi connectivity index (χ2n) is 5.03. The monoisotopic (exact) mass is 239 g/mol. The molecule has 0 radical (unpaired) electrons. The standard InChI is InChI=1S/C15H29NO/c1-4-12-16-14(5-2)15(17-6-3)13-10-8-7-9-11-13/h5,13-16H,2,4,6-12H2,1,3H3. The van der Waals surface area contributed by atoms with Crippen LogP contribution >= 0.6 is 0 Å². The summed E-state index contributed by atoms with van der Waals surface area (Å²) in [6.45, 7) is 10.1. The highest BCUT2D eigenvalue weighted by Crippen LogP contribution is 2.29. The fraction of sp³-hybridized carbons (Fsp3) is 0.867. The van der Waals surface area contributed by atoms with Crippen molar-refractivity contribution in [3.63, 3.8) is 0 Å². The van der Waals surface area contributed by atoms with Gasteiger partial charge in [-0.2, -0.15) is 0 Å². The second-order valence-corrected chi connectivity index (χ2v) is 5.03. The van der Waals surface area contributed by atoms with Gasteiger partial charge >= 0.3 is 0 Å². The molecule has 1 rings (SSSR count). The Balaban J connectivity index is 2.56. The van der Waals surface area contributed by atoms with E-state index in [9.17, 15) is 0 Å². The lowest BCUT2D eigenvalue weighted by molar-refractivity contribution is -0.00727. The van der Waals surface area contributed by atoms with Gasteiger partial charge in [-0.1, -0.05) is 32.3 Å². The van der Waals surface area contributed by atoms with E-state index in [2.05, 4.69) is 25.7 Å². The Labute approximate surface area is 107 Å². The van der Waals surface area contributed by atoms with Gasteiger partial charge in [0, 0.05) is 6.61 Å². The van der Waals surface area contributed by atoms with Crippen molar-refractivity contribution in [3.8, 4) is 0 Å². The maximum atomic E-state index is 6.00. The van der Waals surface area contributed by atoms with Gasteiger partial charge in [0.25, 0.3) is 0 Å². The Morgan fingerprint density at radius 3 is 2.53 bits per heavy atom. The molecule has 0 amide bonds. The van der Waals surface area contributed by atoms with Crippen molar-refractivity contribution < 1.29 is 4.74 Å². The molecule has 0 aliphatic heterocycles. The van der Waals surface area contributed by atoms with E-state index in [4.69, 9.17) is 4.74 Å². The first-order valence-corrected chi connectivity index (χ1v) is 7.31. The molecule has 1 aliphatic rings. The van der Waals surface area contributed by atoms with Crippen LogP contribution in [0.1, 0.15) is 52.4 Å². The summed E-state index contributed by atoms with van der Waals surface area (Å²) >= 11 is 0. The Morgan fingerprint density at radius 2 is 2.00 bits per heavy atom. The van der Waals surface area contributed by atoms with Crippen molar-refractivity contribution in [1.29, 1.82) is 0 Å². The normalized spacial score (nSPS) is 21.1. The van der Waals surface area contributed by atoms with Crippen LogP contribution < -0.4 is 5.32 Å². The van der Waals surface area contributed by atoms with Crippen molar-refractivity contribution in [2.45, 2.75) is 64.5 Å². The fourth-order valence-electron chi connectivity index (χ4n) is 2.83. The van der Waals surface area contributed by atoms with Crippen molar-refractivity contribution in [3.05, 3.63) is 12.7 Å². The largest absolute Gasteiger partial charge is 0.376 e. The number of hydrogen-bond donors (Lipinski definition) is 1. The zero-order chi connectivity index (χ0) is 12.5. The average molecular weight is 239 g/mol. The van der Waals surface area contributed by atoms with Crippen LogP contribution in [0, 0.1) is 5.92 Å². The van der Waals surface area contributed by atoms with Crippen LogP contribution in [-0.4, -0.2) is 25.3 Å². The van der Waals surface area contributed by atoms with Gasteiger partial charge in [-0.3, -0.25) is 0 Å². The van der Waals surface area contributed by atoms with Crippen LogP contribution in [0.2, 0.25) is 0 Å². The first-order valence-electron chi connectivity index (χ1n) is 7.31. The summed E-state index contributed by atoms with van der Waals surface area (Å²) in [5.41, 5.74) is 0. The number of hydrogen-bond acceptors (Lipinski definition) is 2. The van der Waals surface area contributed by atoms with Gasteiger partial charge in [-0.15, -0.1) is 6.58 Å². The molecular formula is C15H29NO. The molecule has 17 heavy (non-hydrogen) atoms. The quantitative estimate of drug-likeness (QED) is 0.654. The molecule has 2 nitrogen and oxygen atoms in total. The maximum Gasteiger partial charge on any atom is 0.0791 e. The lowest BCUT2D eigenvalue weighted by Gasteiger charge is -2.34. The van der Waals surface area contributed by atoms with E-state index < -0.39 is 0 Å². The third kappa shape index (κ3) is 4.81. The molecule has 0 bridgehead atoms. The minimum Gasteiger partial charge on any atom is -0.376 e. The smallest absolute Gasteiger partial charge is 0.0791 e. The van der Waals surface area contributed by atoms with E-state index >= 15 is 0 Å². The minimum absolute atomic E-state index is 0.318. The minimum atomic E-state index is 0.318.